The standard InChI is InChI=1S/C17H24FNO3S.C3H8.CH3F.H2/c1-10(2)14-7-13(18)8-15(11(3)4)16(14)9-17(20)19-23(21,22)12(5)6;1-3-2;1-2;/h7-8,10-11H,5,9H2,1-4,6H3,(H,19,20);3H2,1-2H3;1H3;1H. The number of hydrogen-bond donors (Lipinski definition) is 1. The molecule has 0 atom stereocenters. The molecule has 0 spiro atoms. The highest BCUT2D eigenvalue weighted by Crippen LogP contribution is 2.29. The number of hydrogen-bond acceptors (Lipinski definition) is 3. The van der Waals surface area contributed by atoms with Crippen molar-refractivity contribution in [2.45, 2.75) is 73.1 Å². The van der Waals surface area contributed by atoms with E-state index in [1.54, 1.807) is 0 Å². The molecule has 7 heteroatoms. The third kappa shape index (κ3) is 9.44. The van der Waals surface area contributed by atoms with Crippen molar-refractivity contribution in [3.05, 3.63) is 46.1 Å². The van der Waals surface area contributed by atoms with Crippen LogP contribution in [0.25, 0.3) is 0 Å². The Morgan fingerprint density at radius 3 is 1.75 bits per heavy atom. The normalized spacial score (nSPS) is 10.6. The van der Waals surface area contributed by atoms with Crippen LogP contribution in [0.15, 0.2) is 23.6 Å². The first-order chi connectivity index (χ1) is 12.9. The first kappa shape index (κ1) is 28.4. The number of alkyl halides is 1. The van der Waals surface area contributed by atoms with E-state index in [0.717, 1.165) is 11.1 Å². The maximum atomic E-state index is 13.8. The summed E-state index contributed by atoms with van der Waals surface area (Å²) in [5, 5.41) is 0. The largest absolute Gasteiger partial charge is 0.274 e. The van der Waals surface area contributed by atoms with Crippen molar-refractivity contribution in [3.63, 3.8) is 0 Å². The molecule has 0 heterocycles. The number of benzene rings is 1. The summed E-state index contributed by atoms with van der Waals surface area (Å²) < 4.78 is 48.8. The van der Waals surface area contributed by atoms with E-state index in [1.165, 1.54) is 25.5 Å². The Balaban J connectivity index is -0.00000103. The first-order valence-electron chi connectivity index (χ1n) is 9.28. The highest BCUT2D eigenvalue weighted by atomic mass is 32.2. The van der Waals surface area contributed by atoms with Crippen LogP contribution in [0.5, 0.6) is 0 Å². The van der Waals surface area contributed by atoms with Crippen molar-refractivity contribution < 1.29 is 23.4 Å². The van der Waals surface area contributed by atoms with Gasteiger partial charge in [0.1, 0.15) is 5.82 Å². The fraction of sp³-hybridized carbons (Fsp3) is 0.571. The second-order valence-electron chi connectivity index (χ2n) is 6.99. The SMILES string of the molecule is C=C(C)S(=O)(=O)NC(=O)Cc1c(C(C)C)cc(F)cc1C(C)C.CCC.CF.[HH]. The highest BCUT2D eigenvalue weighted by molar-refractivity contribution is 7.93. The predicted molar refractivity (Wildman–Crippen MR) is 115 cm³/mol. The molecule has 0 aliphatic carbocycles. The molecule has 4 nitrogen and oxygen atoms in total. The maximum absolute atomic E-state index is 13.8. The Hall–Kier alpha value is -1.76. The molecule has 1 aromatic carbocycles. The third-order valence-electron chi connectivity index (χ3n) is 3.57. The van der Waals surface area contributed by atoms with E-state index in [0.29, 0.717) is 12.7 Å². The molecule has 1 aromatic rings. The molecular weight excluding hydrogens is 384 g/mol. The summed E-state index contributed by atoms with van der Waals surface area (Å²) >= 11 is 0. The maximum Gasteiger partial charge on any atom is 0.259 e. The summed E-state index contributed by atoms with van der Waals surface area (Å²) in [6, 6.07) is 2.82. The van der Waals surface area contributed by atoms with Crippen LogP contribution < -0.4 is 4.72 Å². The lowest BCUT2D eigenvalue weighted by Crippen LogP contribution is -2.32. The van der Waals surface area contributed by atoms with Gasteiger partial charge in [0.15, 0.2) is 0 Å². The van der Waals surface area contributed by atoms with Crippen LogP contribution in [-0.4, -0.2) is 21.5 Å². The van der Waals surface area contributed by atoms with Gasteiger partial charge in [0.2, 0.25) is 5.91 Å². The van der Waals surface area contributed by atoms with Gasteiger partial charge in [0.05, 0.1) is 18.5 Å². The second kappa shape index (κ2) is 13.4. The Labute approximate surface area is 171 Å². The van der Waals surface area contributed by atoms with E-state index in [4.69, 9.17) is 0 Å². The molecular formula is C21H37F2NO3S. The number of sulfonamides is 1. The number of carbonyl (C=O) groups excluding carboxylic acids is 1. The molecule has 0 fully saturated rings. The zero-order chi connectivity index (χ0) is 22.7. The molecule has 1 rings (SSSR count). The lowest BCUT2D eigenvalue weighted by atomic mass is 9.87. The molecule has 0 saturated carbocycles. The number of nitrogens with one attached hydrogen (secondary N) is 1. The summed E-state index contributed by atoms with van der Waals surface area (Å²) in [4.78, 5) is 12.0. The fourth-order valence-corrected chi connectivity index (χ4v) is 2.89. The van der Waals surface area contributed by atoms with Crippen LogP contribution in [0.1, 0.15) is 84.8 Å². The average molecular weight is 422 g/mol. The van der Waals surface area contributed by atoms with Crippen molar-refractivity contribution >= 4 is 15.9 Å². The molecule has 0 bridgehead atoms. The number of halogens is 2. The Morgan fingerprint density at radius 2 is 1.46 bits per heavy atom. The van der Waals surface area contributed by atoms with E-state index in [2.05, 4.69) is 20.4 Å². The molecule has 1 N–H and O–H groups in total. The Kier molecular flexibility index (Phi) is 13.6. The first-order valence-corrected chi connectivity index (χ1v) is 10.8. The van der Waals surface area contributed by atoms with E-state index < -0.39 is 15.9 Å². The molecule has 0 aliphatic heterocycles. The topological polar surface area (TPSA) is 63.2 Å². The van der Waals surface area contributed by atoms with Crippen LogP contribution in [0.2, 0.25) is 0 Å². The smallest absolute Gasteiger partial charge is 0.259 e. The van der Waals surface area contributed by atoms with Crippen molar-refractivity contribution in [2.75, 3.05) is 7.18 Å². The summed E-state index contributed by atoms with van der Waals surface area (Å²) in [6.45, 7) is 16.5. The van der Waals surface area contributed by atoms with Gasteiger partial charge in [-0.15, -0.1) is 0 Å². The van der Waals surface area contributed by atoms with Crippen molar-refractivity contribution in [1.82, 2.24) is 4.72 Å². The minimum Gasteiger partial charge on any atom is -0.274 e. The van der Waals surface area contributed by atoms with Gasteiger partial charge in [0, 0.05) is 1.43 Å². The van der Waals surface area contributed by atoms with E-state index in [-0.39, 0.29) is 30.4 Å². The molecule has 0 saturated heterocycles. The van der Waals surface area contributed by atoms with E-state index in [1.807, 2.05) is 32.4 Å². The van der Waals surface area contributed by atoms with Crippen molar-refractivity contribution in [2.24, 2.45) is 0 Å². The van der Waals surface area contributed by atoms with Crippen LogP contribution in [-0.2, 0) is 21.2 Å². The minimum absolute atomic E-state index is 0. The van der Waals surface area contributed by atoms with Gasteiger partial charge in [-0.05, 0) is 47.6 Å². The molecule has 0 aliphatic rings. The molecule has 1 amide bonds. The second-order valence-corrected chi connectivity index (χ2v) is 8.89. The number of rotatable bonds is 6. The van der Waals surface area contributed by atoms with Crippen LogP contribution in [0.3, 0.4) is 0 Å². The fourth-order valence-electron chi connectivity index (χ4n) is 2.35. The number of allylic oxidation sites excluding steroid dienone is 1. The quantitative estimate of drug-likeness (QED) is 0.627. The van der Waals surface area contributed by atoms with Crippen LogP contribution in [0, 0.1) is 5.82 Å². The summed E-state index contributed by atoms with van der Waals surface area (Å²) in [6.07, 6.45) is 1.13. The lowest BCUT2D eigenvalue weighted by molar-refractivity contribution is -0.118. The lowest BCUT2D eigenvalue weighted by Gasteiger charge is -2.20. The van der Waals surface area contributed by atoms with Gasteiger partial charge in [-0.3, -0.25) is 9.18 Å². The molecule has 164 valence electrons. The number of amides is 1. The van der Waals surface area contributed by atoms with Crippen LogP contribution >= 0.6 is 0 Å². The molecule has 28 heavy (non-hydrogen) atoms. The van der Waals surface area contributed by atoms with Crippen molar-refractivity contribution in [1.29, 1.82) is 0 Å². The average Bonchev–Trinajstić information content (AvgIpc) is 2.57. The zero-order valence-corrected chi connectivity index (χ0v) is 19.1. The summed E-state index contributed by atoms with van der Waals surface area (Å²) in [5.74, 6) is -0.966. The summed E-state index contributed by atoms with van der Waals surface area (Å²) in [7, 11) is -3.36. The summed E-state index contributed by atoms with van der Waals surface area (Å²) in [5.41, 5.74) is 2.12. The molecule has 0 unspecified atom stereocenters. The van der Waals surface area contributed by atoms with Gasteiger partial charge < -0.3 is 0 Å². The predicted octanol–water partition coefficient (Wildman–Crippen LogP) is 5.84. The third-order valence-corrected chi connectivity index (χ3v) is 4.99. The molecule has 0 aromatic heterocycles. The highest BCUT2D eigenvalue weighted by Gasteiger charge is 2.21. The van der Waals surface area contributed by atoms with Gasteiger partial charge in [0.25, 0.3) is 10.0 Å². The zero-order valence-electron chi connectivity index (χ0n) is 18.3. The van der Waals surface area contributed by atoms with E-state index in [9.17, 15) is 22.0 Å². The minimum atomic E-state index is -3.86. The Bertz CT molecular complexity index is 719. The van der Waals surface area contributed by atoms with Gasteiger partial charge >= 0.3 is 0 Å². The van der Waals surface area contributed by atoms with Gasteiger partial charge in [-0.2, -0.15) is 0 Å². The molecule has 0 radical (unpaired) electrons. The number of carbonyl (C=O) groups is 1. The monoisotopic (exact) mass is 421 g/mol. The van der Waals surface area contributed by atoms with E-state index >= 15 is 0 Å². The Morgan fingerprint density at radius 1 is 1.11 bits per heavy atom. The van der Waals surface area contributed by atoms with Gasteiger partial charge in [-0.25, -0.2) is 17.5 Å². The van der Waals surface area contributed by atoms with Crippen LogP contribution in [0.4, 0.5) is 8.78 Å². The van der Waals surface area contributed by atoms with Crippen molar-refractivity contribution in [3.8, 4) is 0 Å². The van der Waals surface area contributed by atoms with Gasteiger partial charge in [-0.1, -0.05) is 54.5 Å².